The van der Waals surface area contributed by atoms with Gasteiger partial charge in [0.2, 0.25) is 0 Å². The molecule has 38 heavy (non-hydrogen) atoms. The molecule has 0 unspecified atom stereocenters. The Morgan fingerprint density at radius 1 is 1.13 bits per heavy atom. The Kier molecular flexibility index (Phi) is 7.48. The average Bonchev–Trinajstić information content (AvgIpc) is 3.39. The van der Waals surface area contributed by atoms with Crippen molar-refractivity contribution in [2.24, 2.45) is 5.92 Å². The quantitative estimate of drug-likeness (QED) is 0.290. The second-order valence-corrected chi connectivity index (χ2v) is 17.7. The van der Waals surface area contributed by atoms with Crippen LogP contribution in [0, 0.1) is 5.92 Å². The number of aromatic nitrogens is 4. The van der Waals surface area contributed by atoms with Crippen LogP contribution >= 0.6 is 0 Å². The summed E-state index contributed by atoms with van der Waals surface area (Å²) in [5.74, 6) is 1.33. The molecule has 0 aliphatic heterocycles. The topological polar surface area (TPSA) is 73.1 Å². The third kappa shape index (κ3) is 5.71. The van der Waals surface area contributed by atoms with Crippen molar-refractivity contribution in [3.63, 3.8) is 0 Å². The summed E-state index contributed by atoms with van der Waals surface area (Å²) in [6.07, 6.45) is 13.4. The summed E-state index contributed by atoms with van der Waals surface area (Å²) >= 11 is 0. The van der Waals surface area contributed by atoms with E-state index in [1.807, 2.05) is 17.2 Å². The Morgan fingerprint density at radius 3 is 2.61 bits per heavy atom. The van der Waals surface area contributed by atoms with Crippen LogP contribution in [0.3, 0.4) is 0 Å². The maximum Gasteiger partial charge on any atom is 0.272 e. The maximum absolute atomic E-state index is 13.7. The molecule has 3 aromatic heterocycles. The zero-order chi connectivity index (χ0) is 27.0. The molecule has 3 heterocycles. The number of rotatable bonds is 10. The zero-order valence-corrected chi connectivity index (χ0v) is 24.7. The van der Waals surface area contributed by atoms with Gasteiger partial charge >= 0.3 is 0 Å². The first-order valence-electron chi connectivity index (χ1n) is 14.3. The number of hydrogen-bond acceptors (Lipinski definition) is 5. The van der Waals surface area contributed by atoms with Crippen LogP contribution in [0.4, 0.5) is 0 Å². The Balaban J connectivity index is 1.34. The van der Waals surface area contributed by atoms with Crippen molar-refractivity contribution in [1.82, 2.24) is 24.4 Å². The van der Waals surface area contributed by atoms with E-state index < -0.39 is 8.32 Å². The van der Waals surface area contributed by atoms with Gasteiger partial charge in [0.05, 0.1) is 12.1 Å². The van der Waals surface area contributed by atoms with Crippen molar-refractivity contribution < 1.29 is 9.22 Å². The number of hydrogen-bond donors (Lipinski definition) is 0. The standard InChI is InChI=1S/C30H43N5O2Si/c1-29(2,3)38(4,5)37-20-19-34(22-23-10-11-23)28(36)25-12-17-31-26(33-25)21-30(14-6-7-15-30)35-18-13-24-9-8-16-32-27(24)35/h8-9,12-13,16-18,23H,6-7,10-11,14-15,19-22H2,1-5H3. The first-order valence-corrected chi connectivity index (χ1v) is 17.2. The minimum atomic E-state index is -1.87. The van der Waals surface area contributed by atoms with E-state index in [9.17, 15) is 4.79 Å². The van der Waals surface area contributed by atoms with E-state index in [1.54, 1.807) is 12.3 Å². The summed E-state index contributed by atoms with van der Waals surface area (Å²) in [6.45, 7) is 13.2. The van der Waals surface area contributed by atoms with E-state index in [2.05, 4.69) is 66.7 Å². The van der Waals surface area contributed by atoms with Gasteiger partial charge in [0.1, 0.15) is 17.2 Å². The van der Waals surface area contributed by atoms with Gasteiger partial charge in [-0.15, -0.1) is 0 Å². The third-order valence-electron chi connectivity index (χ3n) is 9.00. The fraction of sp³-hybridized carbons (Fsp3) is 0.600. The first kappa shape index (κ1) is 27.0. The number of amides is 1. The Hall–Kier alpha value is -2.58. The molecule has 0 bridgehead atoms. The highest BCUT2D eigenvalue weighted by atomic mass is 28.4. The Bertz CT molecular complexity index is 1270. The van der Waals surface area contributed by atoms with Crippen molar-refractivity contribution in [1.29, 1.82) is 0 Å². The van der Waals surface area contributed by atoms with Crippen LogP contribution in [-0.4, -0.2) is 58.3 Å². The van der Waals surface area contributed by atoms with Gasteiger partial charge in [-0.05, 0) is 74.0 Å². The molecule has 8 heteroatoms. The van der Waals surface area contributed by atoms with E-state index in [-0.39, 0.29) is 16.5 Å². The van der Waals surface area contributed by atoms with Crippen LogP contribution in [0.15, 0.2) is 42.9 Å². The van der Waals surface area contributed by atoms with E-state index in [0.29, 0.717) is 31.2 Å². The van der Waals surface area contributed by atoms with Crippen LogP contribution in [-0.2, 0) is 16.4 Å². The predicted octanol–water partition coefficient (Wildman–Crippen LogP) is 6.21. The molecule has 7 nitrogen and oxygen atoms in total. The highest BCUT2D eigenvalue weighted by Crippen LogP contribution is 2.41. The number of carbonyl (C=O) groups is 1. The van der Waals surface area contributed by atoms with Crippen LogP contribution in [0.5, 0.6) is 0 Å². The Labute approximate surface area is 228 Å². The van der Waals surface area contributed by atoms with Gasteiger partial charge in [0, 0.05) is 43.5 Å². The van der Waals surface area contributed by atoms with Gasteiger partial charge in [0.15, 0.2) is 8.32 Å². The van der Waals surface area contributed by atoms with Crippen molar-refractivity contribution in [3.8, 4) is 0 Å². The summed E-state index contributed by atoms with van der Waals surface area (Å²) < 4.78 is 8.76. The highest BCUT2D eigenvalue weighted by molar-refractivity contribution is 6.74. The van der Waals surface area contributed by atoms with Crippen molar-refractivity contribution in [2.75, 3.05) is 19.7 Å². The number of nitrogens with zero attached hydrogens (tertiary/aromatic N) is 5. The van der Waals surface area contributed by atoms with E-state index >= 15 is 0 Å². The van der Waals surface area contributed by atoms with E-state index in [1.165, 1.54) is 25.7 Å². The lowest BCUT2D eigenvalue weighted by Gasteiger charge is -2.36. The minimum Gasteiger partial charge on any atom is -0.415 e. The minimum absolute atomic E-state index is 0.00654. The number of pyridine rings is 1. The first-order chi connectivity index (χ1) is 18.1. The van der Waals surface area contributed by atoms with Crippen molar-refractivity contribution >= 4 is 25.3 Å². The van der Waals surface area contributed by atoms with Gasteiger partial charge in [0.25, 0.3) is 5.91 Å². The van der Waals surface area contributed by atoms with Gasteiger partial charge in [-0.1, -0.05) is 33.6 Å². The SMILES string of the molecule is CC(C)(C)[Si](C)(C)OCCN(CC1CC1)C(=O)c1ccnc(CC2(n3ccc4cccnc43)CCCC2)n1. The molecule has 2 saturated carbocycles. The van der Waals surface area contributed by atoms with Crippen LogP contribution in [0.25, 0.3) is 11.0 Å². The molecular formula is C30H43N5O2Si. The molecule has 0 saturated heterocycles. The lowest BCUT2D eigenvalue weighted by molar-refractivity contribution is 0.0710. The Morgan fingerprint density at radius 2 is 1.89 bits per heavy atom. The molecule has 2 aliphatic rings. The van der Waals surface area contributed by atoms with Crippen molar-refractivity contribution in [2.45, 2.75) is 89.4 Å². The second-order valence-electron chi connectivity index (χ2n) is 12.9. The van der Waals surface area contributed by atoms with Gasteiger partial charge in [-0.2, -0.15) is 0 Å². The zero-order valence-electron chi connectivity index (χ0n) is 23.7. The lowest BCUT2D eigenvalue weighted by Crippen LogP contribution is -2.44. The molecule has 0 N–H and O–H groups in total. The second kappa shape index (κ2) is 10.5. The predicted molar refractivity (Wildman–Crippen MR) is 154 cm³/mol. The van der Waals surface area contributed by atoms with E-state index in [0.717, 1.165) is 36.2 Å². The molecule has 2 aliphatic carbocycles. The van der Waals surface area contributed by atoms with Crippen LogP contribution in [0.2, 0.25) is 18.1 Å². The molecular weight excluding hydrogens is 490 g/mol. The molecule has 0 aromatic carbocycles. The summed E-state index contributed by atoms with van der Waals surface area (Å²) in [7, 11) is -1.87. The smallest absolute Gasteiger partial charge is 0.272 e. The third-order valence-corrected chi connectivity index (χ3v) is 13.5. The largest absolute Gasteiger partial charge is 0.415 e. The van der Waals surface area contributed by atoms with Gasteiger partial charge in [-0.25, -0.2) is 15.0 Å². The normalized spacial score (nSPS) is 17.7. The molecule has 5 rings (SSSR count). The molecule has 0 radical (unpaired) electrons. The summed E-state index contributed by atoms with van der Waals surface area (Å²) in [5, 5.41) is 1.30. The number of fused-ring (bicyclic) bond motifs is 1. The lowest BCUT2D eigenvalue weighted by atomic mass is 9.92. The van der Waals surface area contributed by atoms with Gasteiger partial charge in [-0.3, -0.25) is 4.79 Å². The van der Waals surface area contributed by atoms with Crippen LogP contribution in [0.1, 0.15) is 75.6 Å². The van der Waals surface area contributed by atoms with Crippen LogP contribution < -0.4 is 0 Å². The molecule has 0 atom stereocenters. The van der Waals surface area contributed by atoms with Crippen molar-refractivity contribution in [3.05, 3.63) is 54.4 Å². The fourth-order valence-corrected chi connectivity index (χ4v) is 6.49. The van der Waals surface area contributed by atoms with Gasteiger partial charge < -0.3 is 13.9 Å². The summed E-state index contributed by atoms with van der Waals surface area (Å²) in [6, 6.07) is 8.01. The molecule has 0 spiro atoms. The fourth-order valence-electron chi connectivity index (χ4n) is 5.46. The summed E-state index contributed by atoms with van der Waals surface area (Å²) in [5.41, 5.74) is 1.40. The summed E-state index contributed by atoms with van der Waals surface area (Å²) in [4.78, 5) is 29.8. The average molecular weight is 534 g/mol. The highest BCUT2D eigenvalue weighted by Gasteiger charge is 2.39. The number of carbonyl (C=O) groups excluding carboxylic acids is 1. The monoisotopic (exact) mass is 533 g/mol. The maximum atomic E-state index is 13.7. The molecule has 204 valence electrons. The molecule has 1 amide bonds. The van der Waals surface area contributed by atoms with E-state index in [4.69, 9.17) is 9.41 Å². The molecule has 2 fully saturated rings. The molecule has 3 aromatic rings.